The van der Waals surface area contributed by atoms with Crippen molar-refractivity contribution in [2.75, 3.05) is 5.75 Å². The lowest BCUT2D eigenvalue weighted by molar-refractivity contribution is -0.115. The monoisotopic (exact) mass is 254 g/mol. The van der Waals surface area contributed by atoms with Gasteiger partial charge in [0.05, 0.1) is 5.75 Å². The van der Waals surface area contributed by atoms with Crippen LogP contribution in [0.15, 0.2) is 5.16 Å². The van der Waals surface area contributed by atoms with E-state index in [-0.39, 0.29) is 11.7 Å². The van der Waals surface area contributed by atoms with Crippen LogP contribution in [-0.2, 0) is 11.8 Å². The van der Waals surface area contributed by atoms with Crippen LogP contribution in [0.25, 0.3) is 0 Å². The first-order chi connectivity index (χ1) is 8.18. The summed E-state index contributed by atoms with van der Waals surface area (Å²) in [6.45, 7) is 0. The lowest BCUT2D eigenvalue weighted by Gasteiger charge is -2.20. The van der Waals surface area contributed by atoms with E-state index in [9.17, 15) is 4.79 Å². The molecule has 94 valence electrons. The molecule has 1 heterocycles. The molecule has 1 aliphatic rings. The second-order valence-electron chi connectivity index (χ2n) is 4.49. The van der Waals surface area contributed by atoms with Crippen LogP contribution in [0.1, 0.15) is 43.8 Å². The Labute approximate surface area is 105 Å². The quantitative estimate of drug-likeness (QED) is 0.825. The Morgan fingerprint density at radius 1 is 1.41 bits per heavy atom. The van der Waals surface area contributed by atoms with Crippen molar-refractivity contribution < 1.29 is 4.79 Å². The highest BCUT2D eigenvalue weighted by atomic mass is 32.2. The number of aromatic nitrogens is 3. The van der Waals surface area contributed by atoms with Crippen LogP contribution in [0, 0.1) is 0 Å². The summed E-state index contributed by atoms with van der Waals surface area (Å²) in [6, 6.07) is 0. The minimum absolute atomic E-state index is 0.261. The van der Waals surface area contributed by atoms with Crippen LogP contribution in [-0.4, -0.2) is 26.4 Å². The normalized spacial score (nSPS) is 17.2. The minimum atomic E-state index is -0.322. The maximum Gasteiger partial charge on any atom is 0.227 e. The Balaban J connectivity index is 2.05. The standard InChI is InChI=1S/C11H18N4OS/c1-15-10(8-5-3-2-4-6-8)13-14-11(15)17-7-9(12)16/h8H,2-7H2,1H3,(H2,12,16). The molecule has 2 N–H and O–H groups in total. The summed E-state index contributed by atoms with van der Waals surface area (Å²) in [4.78, 5) is 10.7. The van der Waals surface area contributed by atoms with Crippen LogP contribution in [0.4, 0.5) is 0 Å². The summed E-state index contributed by atoms with van der Waals surface area (Å²) in [5.41, 5.74) is 5.12. The SMILES string of the molecule is Cn1c(SCC(N)=O)nnc1C1CCCCC1. The molecular formula is C11H18N4OS. The van der Waals surface area contributed by atoms with Gasteiger partial charge in [0.2, 0.25) is 5.91 Å². The molecule has 6 heteroatoms. The molecule has 1 aliphatic carbocycles. The lowest BCUT2D eigenvalue weighted by Crippen LogP contribution is -2.14. The molecule has 0 saturated heterocycles. The Bertz CT molecular complexity index is 398. The van der Waals surface area contributed by atoms with Crippen molar-refractivity contribution in [1.29, 1.82) is 0 Å². The minimum Gasteiger partial charge on any atom is -0.369 e. The lowest BCUT2D eigenvalue weighted by atomic mass is 9.89. The number of nitrogens with zero attached hydrogens (tertiary/aromatic N) is 3. The van der Waals surface area contributed by atoms with E-state index in [0.717, 1.165) is 11.0 Å². The van der Waals surface area contributed by atoms with Crippen LogP contribution in [0.2, 0.25) is 0 Å². The molecule has 0 unspecified atom stereocenters. The van der Waals surface area contributed by atoms with Gasteiger partial charge in [0.15, 0.2) is 5.16 Å². The number of hydrogen-bond acceptors (Lipinski definition) is 4. The Hall–Kier alpha value is -1.04. The molecule has 2 rings (SSSR count). The highest BCUT2D eigenvalue weighted by molar-refractivity contribution is 7.99. The first-order valence-corrected chi connectivity index (χ1v) is 6.97. The highest BCUT2D eigenvalue weighted by Gasteiger charge is 2.21. The van der Waals surface area contributed by atoms with E-state index in [1.165, 1.54) is 43.9 Å². The zero-order valence-corrected chi connectivity index (χ0v) is 10.9. The zero-order chi connectivity index (χ0) is 12.3. The smallest absolute Gasteiger partial charge is 0.227 e. The van der Waals surface area contributed by atoms with Crippen LogP contribution < -0.4 is 5.73 Å². The third-order valence-corrected chi connectivity index (χ3v) is 4.22. The molecule has 17 heavy (non-hydrogen) atoms. The summed E-state index contributed by atoms with van der Waals surface area (Å²) in [5.74, 6) is 1.52. The van der Waals surface area contributed by atoms with Gasteiger partial charge in [0, 0.05) is 13.0 Å². The van der Waals surface area contributed by atoms with Crippen molar-refractivity contribution in [1.82, 2.24) is 14.8 Å². The van der Waals surface area contributed by atoms with Crippen molar-refractivity contribution in [2.24, 2.45) is 12.8 Å². The number of carbonyl (C=O) groups is 1. The molecule has 0 spiro atoms. The number of hydrogen-bond donors (Lipinski definition) is 1. The molecule has 0 bridgehead atoms. The summed E-state index contributed by atoms with van der Waals surface area (Å²) < 4.78 is 2.00. The molecule has 0 radical (unpaired) electrons. The first-order valence-electron chi connectivity index (χ1n) is 5.99. The highest BCUT2D eigenvalue weighted by Crippen LogP contribution is 2.32. The first kappa shape index (κ1) is 12.4. The average Bonchev–Trinajstić information content (AvgIpc) is 2.69. The van der Waals surface area contributed by atoms with E-state index in [0.29, 0.717) is 5.92 Å². The van der Waals surface area contributed by atoms with E-state index in [4.69, 9.17) is 5.73 Å². The van der Waals surface area contributed by atoms with E-state index in [1.807, 2.05) is 11.6 Å². The second kappa shape index (κ2) is 5.53. The summed E-state index contributed by atoms with van der Waals surface area (Å²) in [7, 11) is 1.97. The Kier molecular flexibility index (Phi) is 4.04. The molecule has 1 aromatic rings. The molecule has 1 amide bonds. The number of rotatable bonds is 4. The van der Waals surface area contributed by atoms with Crippen molar-refractivity contribution >= 4 is 17.7 Å². The fraction of sp³-hybridized carbons (Fsp3) is 0.727. The topological polar surface area (TPSA) is 73.8 Å². The summed E-state index contributed by atoms with van der Waals surface area (Å²) in [5, 5.41) is 9.17. The zero-order valence-electron chi connectivity index (χ0n) is 10.1. The van der Waals surface area contributed by atoms with Gasteiger partial charge in [-0.15, -0.1) is 10.2 Å². The van der Waals surface area contributed by atoms with Gasteiger partial charge in [-0.05, 0) is 12.8 Å². The van der Waals surface area contributed by atoms with Crippen molar-refractivity contribution in [2.45, 2.75) is 43.2 Å². The second-order valence-corrected chi connectivity index (χ2v) is 5.43. The maximum absolute atomic E-state index is 10.7. The van der Waals surface area contributed by atoms with Crippen LogP contribution in [0.5, 0.6) is 0 Å². The maximum atomic E-state index is 10.7. The predicted octanol–water partition coefficient (Wildman–Crippen LogP) is 1.44. The van der Waals surface area contributed by atoms with Crippen LogP contribution in [0.3, 0.4) is 0 Å². The third kappa shape index (κ3) is 3.00. The number of thioether (sulfide) groups is 1. The van der Waals surface area contributed by atoms with E-state index >= 15 is 0 Å². The van der Waals surface area contributed by atoms with E-state index < -0.39 is 0 Å². The fourth-order valence-corrected chi connectivity index (χ4v) is 2.96. The van der Waals surface area contributed by atoms with Gasteiger partial charge in [-0.1, -0.05) is 31.0 Å². The van der Waals surface area contributed by atoms with Crippen molar-refractivity contribution in [3.05, 3.63) is 5.82 Å². The Morgan fingerprint density at radius 2 is 2.12 bits per heavy atom. The van der Waals surface area contributed by atoms with E-state index in [2.05, 4.69) is 10.2 Å². The van der Waals surface area contributed by atoms with Crippen molar-refractivity contribution in [3.63, 3.8) is 0 Å². The van der Waals surface area contributed by atoms with Gasteiger partial charge < -0.3 is 10.3 Å². The van der Waals surface area contributed by atoms with Gasteiger partial charge in [-0.3, -0.25) is 4.79 Å². The molecule has 1 fully saturated rings. The molecule has 0 atom stereocenters. The van der Waals surface area contributed by atoms with Gasteiger partial charge in [-0.2, -0.15) is 0 Å². The Morgan fingerprint density at radius 3 is 2.76 bits per heavy atom. The molecule has 1 aromatic heterocycles. The third-order valence-electron chi connectivity index (χ3n) is 3.18. The molecule has 0 aliphatic heterocycles. The summed E-state index contributed by atoms with van der Waals surface area (Å²) >= 11 is 1.35. The predicted molar refractivity (Wildman–Crippen MR) is 66.7 cm³/mol. The number of primary amides is 1. The van der Waals surface area contributed by atoms with Crippen LogP contribution >= 0.6 is 11.8 Å². The number of amides is 1. The van der Waals surface area contributed by atoms with Crippen molar-refractivity contribution in [3.8, 4) is 0 Å². The fourth-order valence-electron chi connectivity index (χ4n) is 2.30. The number of nitrogens with two attached hydrogens (primary N) is 1. The molecule has 0 aromatic carbocycles. The average molecular weight is 254 g/mol. The van der Waals surface area contributed by atoms with Gasteiger partial charge >= 0.3 is 0 Å². The largest absolute Gasteiger partial charge is 0.369 e. The number of carbonyl (C=O) groups excluding carboxylic acids is 1. The molecular weight excluding hydrogens is 236 g/mol. The molecule has 5 nitrogen and oxygen atoms in total. The molecule has 1 saturated carbocycles. The van der Waals surface area contributed by atoms with E-state index in [1.54, 1.807) is 0 Å². The summed E-state index contributed by atoms with van der Waals surface area (Å²) in [6.07, 6.45) is 6.29. The van der Waals surface area contributed by atoms with Gasteiger partial charge in [0.1, 0.15) is 5.82 Å². The van der Waals surface area contributed by atoms with Gasteiger partial charge in [0.25, 0.3) is 0 Å². The van der Waals surface area contributed by atoms with Gasteiger partial charge in [-0.25, -0.2) is 0 Å².